The van der Waals surface area contributed by atoms with Crippen molar-refractivity contribution in [1.29, 1.82) is 0 Å². The second kappa shape index (κ2) is 6.23. The molecule has 1 aromatic carbocycles. The molecular weight excluding hydrogens is 321 g/mol. The fraction of sp³-hybridized carbons (Fsp3) is 0.333. The maximum absolute atomic E-state index is 13.2. The van der Waals surface area contributed by atoms with E-state index in [0.29, 0.717) is 17.0 Å². The minimum atomic E-state index is -0.263. The van der Waals surface area contributed by atoms with Crippen molar-refractivity contribution in [2.75, 3.05) is 5.32 Å². The molecule has 0 bridgehead atoms. The number of nitrogens with zero attached hydrogens (tertiary/aromatic N) is 4. The van der Waals surface area contributed by atoms with E-state index >= 15 is 0 Å². The SMILES string of the molecule is Cn1nc(NC(=O)[C@@H]2CCC[C@@H]2c2ccc(F)cc2)c2nccnc21. The fourth-order valence-corrected chi connectivity index (χ4v) is 3.66. The summed E-state index contributed by atoms with van der Waals surface area (Å²) in [5.74, 6) is 0.0416. The molecule has 1 amide bonds. The van der Waals surface area contributed by atoms with Gasteiger partial charge in [0.2, 0.25) is 5.91 Å². The lowest BCUT2D eigenvalue weighted by atomic mass is 9.88. The molecule has 25 heavy (non-hydrogen) atoms. The Labute approximate surface area is 144 Å². The third-order valence-electron chi connectivity index (χ3n) is 4.85. The number of aromatic nitrogens is 4. The van der Waals surface area contributed by atoms with Gasteiger partial charge in [-0.2, -0.15) is 5.10 Å². The summed E-state index contributed by atoms with van der Waals surface area (Å²) in [4.78, 5) is 21.3. The Morgan fingerprint density at radius 1 is 1.20 bits per heavy atom. The topological polar surface area (TPSA) is 72.7 Å². The Hall–Kier alpha value is -2.83. The van der Waals surface area contributed by atoms with E-state index in [1.165, 1.54) is 12.1 Å². The molecule has 3 aromatic rings. The third kappa shape index (κ3) is 2.86. The van der Waals surface area contributed by atoms with E-state index in [9.17, 15) is 9.18 Å². The lowest BCUT2D eigenvalue weighted by Crippen LogP contribution is -2.25. The number of anilines is 1. The number of hydrogen-bond acceptors (Lipinski definition) is 4. The number of hydrogen-bond donors (Lipinski definition) is 1. The first-order chi connectivity index (χ1) is 12.1. The second-order valence-corrected chi connectivity index (χ2v) is 6.39. The summed E-state index contributed by atoms with van der Waals surface area (Å²) in [6.07, 6.45) is 5.88. The van der Waals surface area contributed by atoms with Crippen molar-refractivity contribution in [2.45, 2.75) is 25.2 Å². The molecule has 1 aliphatic carbocycles. The quantitative estimate of drug-likeness (QED) is 0.796. The number of amides is 1. The number of aryl methyl sites for hydroxylation is 1. The summed E-state index contributed by atoms with van der Waals surface area (Å²) < 4.78 is 14.8. The molecule has 1 aliphatic rings. The Bertz CT molecular complexity index is 921. The standard InChI is InChI=1S/C18H18FN5O/c1-24-17-15(20-9-10-21-17)16(23-24)22-18(25)14-4-2-3-13(14)11-5-7-12(19)8-6-11/h5-10,13-14H,2-4H2,1H3,(H,22,23,25)/t13-,14-/m1/s1. The number of carbonyl (C=O) groups excluding carboxylic acids is 1. The summed E-state index contributed by atoms with van der Waals surface area (Å²) in [7, 11) is 1.77. The zero-order valence-electron chi connectivity index (χ0n) is 13.8. The van der Waals surface area contributed by atoms with Crippen molar-refractivity contribution in [3.63, 3.8) is 0 Å². The average molecular weight is 339 g/mol. The molecule has 0 unspecified atom stereocenters. The molecule has 128 valence electrons. The molecule has 4 rings (SSSR count). The highest BCUT2D eigenvalue weighted by atomic mass is 19.1. The van der Waals surface area contributed by atoms with Gasteiger partial charge in [-0.15, -0.1) is 0 Å². The second-order valence-electron chi connectivity index (χ2n) is 6.39. The van der Waals surface area contributed by atoms with Crippen LogP contribution in [0.2, 0.25) is 0 Å². The van der Waals surface area contributed by atoms with Crippen molar-refractivity contribution in [3.05, 3.63) is 48.0 Å². The number of rotatable bonds is 3. The lowest BCUT2D eigenvalue weighted by molar-refractivity contribution is -0.120. The van der Waals surface area contributed by atoms with Crippen LogP contribution in [0.3, 0.4) is 0 Å². The molecule has 0 radical (unpaired) electrons. The van der Waals surface area contributed by atoms with Crippen LogP contribution in [0.15, 0.2) is 36.7 Å². The fourth-order valence-electron chi connectivity index (χ4n) is 3.66. The van der Waals surface area contributed by atoms with Gasteiger partial charge in [-0.3, -0.25) is 4.79 Å². The first kappa shape index (κ1) is 15.7. The van der Waals surface area contributed by atoms with Crippen LogP contribution in [0.25, 0.3) is 11.2 Å². The third-order valence-corrected chi connectivity index (χ3v) is 4.85. The molecule has 1 saturated carbocycles. The van der Waals surface area contributed by atoms with E-state index in [2.05, 4.69) is 20.4 Å². The predicted octanol–water partition coefficient (Wildman–Crippen LogP) is 3.02. The van der Waals surface area contributed by atoms with Gasteiger partial charge in [-0.1, -0.05) is 18.6 Å². The molecule has 1 N–H and O–H groups in total. The highest BCUT2D eigenvalue weighted by Gasteiger charge is 2.34. The smallest absolute Gasteiger partial charge is 0.229 e. The van der Waals surface area contributed by atoms with Gasteiger partial charge < -0.3 is 5.32 Å². The highest BCUT2D eigenvalue weighted by Crippen LogP contribution is 2.40. The van der Waals surface area contributed by atoms with Crippen molar-refractivity contribution >= 4 is 22.9 Å². The molecule has 6 nitrogen and oxygen atoms in total. The summed E-state index contributed by atoms with van der Waals surface area (Å²) in [6.45, 7) is 0. The van der Waals surface area contributed by atoms with Crippen LogP contribution in [0, 0.1) is 11.7 Å². The van der Waals surface area contributed by atoms with Crippen molar-refractivity contribution in [3.8, 4) is 0 Å². The van der Waals surface area contributed by atoms with Gasteiger partial charge in [0.1, 0.15) is 5.82 Å². The van der Waals surface area contributed by atoms with E-state index in [-0.39, 0.29) is 23.6 Å². The monoisotopic (exact) mass is 339 g/mol. The molecule has 2 heterocycles. The molecule has 1 fully saturated rings. The van der Waals surface area contributed by atoms with Gasteiger partial charge in [0.15, 0.2) is 17.0 Å². The number of halogens is 1. The Kier molecular flexibility index (Phi) is 3.91. The largest absolute Gasteiger partial charge is 0.307 e. The van der Waals surface area contributed by atoms with E-state index in [4.69, 9.17) is 0 Å². The highest BCUT2D eigenvalue weighted by molar-refractivity contribution is 5.98. The van der Waals surface area contributed by atoms with Gasteiger partial charge in [-0.05, 0) is 36.5 Å². The first-order valence-electron chi connectivity index (χ1n) is 8.33. The maximum atomic E-state index is 13.2. The zero-order valence-corrected chi connectivity index (χ0v) is 13.8. The Morgan fingerprint density at radius 3 is 2.76 bits per heavy atom. The normalized spacial score (nSPS) is 20.1. The minimum absolute atomic E-state index is 0.0718. The average Bonchev–Trinajstić information content (AvgIpc) is 3.22. The van der Waals surface area contributed by atoms with Crippen LogP contribution in [-0.2, 0) is 11.8 Å². The summed E-state index contributed by atoms with van der Waals surface area (Å²) in [5, 5.41) is 7.23. The molecule has 0 spiro atoms. The number of nitrogens with one attached hydrogen (secondary N) is 1. The van der Waals surface area contributed by atoms with Crippen LogP contribution in [0.5, 0.6) is 0 Å². The Balaban J connectivity index is 1.58. The van der Waals surface area contributed by atoms with Crippen LogP contribution in [0.4, 0.5) is 10.2 Å². The van der Waals surface area contributed by atoms with Crippen LogP contribution in [0.1, 0.15) is 30.7 Å². The van der Waals surface area contributed by atoms with E-state index in [1.807, 2.05) is 0 Å². The molecule has 0 saturated heterocycles. The number of benzene rings is 1. The minimum Gasteiger partial charge on any atom is -0.307 e. The summed E-state index contributed by atoms with van der Waals surface area (Å²) in [5.41, 5.74) is 2.21. The summed E-state index contributed by atoms with van der Waals surface area (Å²) >= 11 is 0. The Morgan fingerprint density at radius 2 is 1.96 bits per heavy atom. The van der Waals surface area contributed by atoms with Crippen LogP contribution >= 0.6 is 0 Å². The maximum Gasteiger partial charge on any atom is 0.229 e. The van der Waals surface area contributed by atoms with Gasteiger partial charge in [0.05, 0.1) is 0 Å². The number of carbonyl (C=O) groups is 1. The van der Waals surface area contributed by atoms with Gasteiger partial charge >= 0.3 is 0 Å². The molecule has 2 aromatic heterocycles. The molecule has 0 aliphatic heterocycles. The van der Waals surface area contributed by atoms with Gasteiger partial charge in [0, 0.05) is 25.4 Å². The van der Waals surface area contributed by atoms with Crippen molar-refractivity contribution < 1.29 is 9.18 Å². The van der Waals surface area contributed by atoms with Crippen LogP contribution < -0.4 is 5.32 Å². The van der Waals surface area contributed by atoms with Crippen molar-refractivity contribution in [2.24, 2.45) is 13.0 Å². The first-order valence-corrected chi connectivity index (χ1v) is 8.33. The molecule has 2 atom stereocenters. The van der Waals surface area contributed by atoms with Crippen LogP contribution in [-0.4, -0.2) is 25.7 Å². The zero-order chi connectivity index (χ0) is 17.4. The molecular formula is C18H18FN5O. The predicted molar refractivity (Wildman–Crippen MR) is 91.4 cm³/mol. The number of fused-ring (bicyclic) bond motifs is 1. The van der Waals surface area contributed by atoms with Crippen molar-refractivity contribution in [1.82, 2.24) is 19.7 Å². The van der Waals surface area contributed by atoms with Gasteiger partial charge in [-0.25, -0.2) is 19.0 Å². The van der Waals surface area contributed by atoms with E-state index < -0.39 is 0 Å². The molecule has 7 heteroatoms. The lowest BCUT2D eigenvalue weighted by Gasteiger charge is -2.19. The summed E-state index contributed by atoms with van der Waals surface area (Å²) in [6, 6.07) is 6.44. The van der Waals surface area contributed by atoms with Gasteiger partial charge in [0.25, 0.3) is 0 Å². The van der Waals surface area contributed by atoms with E-state index in [1.54, 1.807) is 36.3 Å². The van der Waals surface area contributed by atoms with E-state index in [0.717, 1.165) is 24.8 Å².